The maximum absolute atomic E-state index is 5.22. The van der Waals surface area contributed by atoms with E-state index in [2.05, 4.69) is 66.4 Å². The summed E-state index contributed by atoms with van der Waals surface area (Å²) in [6.45, 7) is 4.67. The summed E-state index contributed by atoms with van der Waals surface area (Å²) >= 11 is 0. The fraction of sp³-hybridized carbons (Fsp3) is 0.294. The zero-order valence-corrected chi connectivity index (χ0v) is 11.7. The Morgan fingerprint density at radius 3 is 2.47 bits per heavy atom. The quantitative estimate of drug-likeness (QED) is 0.781. The molecule has 0 unspecified atom stereocenters. The Balaban J connectivity index is 2.16. The number of hydrogen-bond acceptors (Lipinski definition) is 2. The molecule has 100 valence electrons. The lowest BCUT2D eigenvalue weighted by atomic mass is 10.1. The molecule has 0 N–H and O–H groups in total. The molecule has 2 nitrogen and oxygen atoms in total. The average Bonchev–Trinajstić information content (AvgIpc) is 2.44. The zero-order chi connectivity index (χ0) is 13.5. The molecule has 0 radical (unpaired) electrons. The van der Waals surface area contributed by atoms with Crippen molar-refractivity contribution >= 4 is 5.69 Å². The van der Waals surface area contributed by atoms with Gasteiger partial charge in [-0.3, -0.25) is 0 Å². The first-order valence-electron chi connectivity index (χ1n) is 6.64. The van der Waals surface area contributed by atoms with Gasteiger partial charge in [0.1, 0.15) is 0 Å². The van der Waals surface area contributed by atoms with Crippen molar-refractivity contribution < 1.29 is 4.74 Å². The zero-order valence-electron chi connectivity index (χ0n) is 11.7. The summed E-state index contributed by atoms with van der Waals surface area (Å²) in [5.74, 6) is 0. The van der Waals surface area contributed by atoms with Crippen LogP contribution in [-0.4, -0.2) is 20.3 Å². The van der Waals surface area contributed by atoms with Crippen LogP contribution in [0.3, 0.4) is 0 Å². The average molecular weight is 255 g/mol. The third kappa shape index (κ3) is 4.11. The van der Waals surface area contributed by atoms with Gasteiger partial charge in [-0.25, -0.2) is 0 Å². The van der Waals surface area contributed by atoms with Gasteiger partial charge in [0.2, 0.25) is 0 Å². The van der Waals surface area contributed by atoms with Gasteiger partial charge in [0.25, 0.3) is 0 Å². The highest BCUT2D eigenvalue weighted by Gasteiger charge is 2.07. The largest absolute Gasteiger partial charge is 0.383 e. The van der Waals surface area contributed by atoms with Gasteiger partial charge in [0.15, 0.2) is 0 Å². The molecule has 0 aliphatic carbocycles. The number of hydrogen-bond donors (Lipinski definition) is 0. The Morgan fingerprint density at radius 1 is 1.00 bits per heavy atom. The molecule has 0 aromatic heterocycles. The smallest absolute Gasteiger partial charge is 0.0637 e. The van der Waals surface area contributed by atoms with E-state index in [0.717, 1.165) is 19.7 Å². The van der Waals surface area contributed by atoms with E-state index in [1.807, 2.05) is 0 Å². The van der Waals surface area contributed by atoms with E-state index in [0.29, 0.717) is 0 Å². The number of benzene rings is 2. The first-order chi connectivity index (χ1) is 9.29. The fourth-order valence-corrected chi connectivity index (χ4v) is 2.13. The number of aryl methyl sites for hydroxylation is 1. The van der Waals surface area contributed by atoms with Crippen molar-refractivity contribution in [1.29, 1.82) is 0 Å². The van der Waals surface area contributed by atoms with Crippen LogP contribution in [0, 0.1) is 6.92 Å². The Hall–Kier alpha value is -1.80. The van der Waals surface area contributed by atoms with Gasteiger partial charge in [0.05, 0.1) is 6.61 Å². The third-order valence-electron chi connectivity index (χ3n) is 3.15. The lowest BCUT2D eigenvalue weighted by molar-refractivity contribution is 0.205. The monoisotopic (exact) mass is 255 g/mol. The van der Waals surface area contributed by atoms with Gasteiger partial charge in [-0.05, 0) is 30.2 Å². The van der Waals surface area contributed by atoms with E-state index in [-0.39, 0.29) is 0 Å². The van der Waals surface area contributed by atoms with E-state index in [1.54, 1.807) is 7.11 Å². The Bertz CT molecular complexity index is 496. The van der Waals surface area contributed by atoms with Crippen LogP contribution in [0.15, 0.2) is 54.6 Å². The van der Waals surface area contributed by atoms with Gasteiger partial charge in [-0.2, -0.15) is 0 Å². The van der Waals surface area contributed by atoms with Gasteiger partial charge >= 0.3 is 0 Å². The summed E-state index contributed by atoms with van der Waals surface area (Å²) in [7, 11) is 1.75. The topological polar surface area (TPSA) is 12.5 Å². The summed E-state index contributed by atoms with van der Waals surface area (Å²) in [5, 5.41) is 0. The molecule has 2 aromatic carbocycles. The Kier molecular flexibility index (Phi) is 4.99. The van der Waals surface area contributed by atoms with Crippen LogP contribution in [0.2, 0.25) is 0 Å². The summed E-state index contributed by atoms with van der Waals surface area (Å²) in [5.41, 5.74) is 3.86. The highest BCUT2D eigenvalue weighted by atomic mass is 16.5. The molecule has 0 heterocycles. The Morgan fingerprint density at radius 2 is 1.79 bits per heavy atom. The summed E-state index contributed by atoms with van der Waals surface area (Å²) in [4.78, 5) is 2.35. The molecular formula is C17H21NO. The molecule has 0 aliphatic heterocycles. The SMILES string of the molecule is COCCN(Cc1ccccc1)c1cccc(C)c1. The second kappa shape index (κ2) is 6.95. The summed E-state index contributed by atoms with van der Waals surface area (Å²) in [6, 6.07) is 19.2. The molecule has 0 saturated carbocycles. The molecule has 0 amide bonds. The molecule has 0 aliphatic rings. The van der Waals surface area contributed by atoms with Crippen molar-refractivity contribution in [1.82, 2.24) is 0 Å². The number of nitrogens with zero attached hydrogens (tertiary/aromatic N) is 1. The van der Waals surface area contributed by atoms with Gasteiger partial charge in [0, 0.05) is 25.9 Å². The minimum atomic E-state index is 0.737. The highest BCUT2D eigenvalue weighted by molar-refractivity contribution is 5.49. The van der Waals surface area contributed by atoms with Crippen LogP contribution in [0.1, 0.15) is 11.1 Å². The molecule has 2 aromatic rings. The van der Waals surface area contributed by atoms with Crippen molar-refractivity contribution in [3.8, 4) is 0 Å². The standard InChI is InChI=1S/C17H21NO/c1-15-7-6-10-17(13-15)18(11-12-19-2)14-16-8-4-3-5-9-16/h3-10,13H,11-12,14H2,1-2H3. The number of ether oxygens (including phenoxy) is 1. The minimum absolute atomic E-state index is 0.737. The van der Waals surface area contributed by atoms with Crippen LogP contribution in [0.25, 0.3) is 0 Å². The molecule has 0 saturated heterocycles. The second-order valence-corrected chi connectivity index (χ2v) is 4.74. The first kappa shape index (κ1) is 13.6. The maximum Gasteiger partial charge on any atom is 0.0637 e. The minimum Gasteiger partial charge on any atom is -0.383 e. The highest BCUT2D eigenvalue weighted by Crippen LogP contribution is 2.18. The van der Waals surface area contributed by atoms with Crippen molar-refractivity contribution in [3.63, 3.8) is 0 Å². The predicted octanol–water partition coefficient (Wildman–Crippen LogP) is 3.65. The van der Waals surface area contributed by atoms with Crippen molar-refractivity contribution in [2.45, 2.75) is 13.5 Å². The van der Waals surface area contributed by atoms with Gasteiger partial charge in [-0.1, -0.05) is 42.5 Å². The number of rotatable bonds is 6. The lowest BCUT2D eigenvalue weighted by Gasteiger charge is -2.25. The van der Waals surface area contributed by atoms with E-state index in [1.165, 1.54) is 16.8 Å². The van der Waals surface area contributed by atoms with Crippen LogP contribution in [-0.2, 0) is 11.3 Å². The molecule has 0 spiro atoms. The van der Waals surface area contributed by atoms with Gasteiger partial charge in [-0.15, -0.1) is 0 Å². The van der Waals surface area contributed by atoms with Crippen molar-refractivity contribution in [2.75, 3.05) is 25.2 Å². The molecular weight excluding hydrogens is 234 g/mol. The molecule has 2 heteroatoms. The maximum atomic E-state index is 5.22. The lowest BCUT2D eigenvalue weighted by Crippen LogP contribution is -2.26. The predicted molar refractivity (Wildman–Crippen MR) is 80.5 cm³/mol. The number of anilines is 1. The van der Waals surface area contributed by atoms with Crippen LogP contribution in [0.5, 0.6) is 0 Å². The van der Waals surface area contributed by atoms with Crippen LogP contribution >= 0.6 is 0 Å². The second-order valence-electron chi connectivity index (χ2n) is 4.74. The van der Waals surface area contributed by atoms with E-state index in [4.69, 9.17) is 4.74 Å². The van der Waals surface area contributed by atoms with E-state index in [9.17, 15) is 0 Å². The van der Waals surface area contributed by atoms with Crippen LogP contribution in [0.4, 0.5) is 5.69 Å². The molecule has 2 rings (SSSR count). The molecule has 0 atom stereocenters. The van der Waals surface area contributed by atoms with E-state index < -0.39 is 0 Å². The summed E-state index contributed by atoms with van der Waals surface area (Å²) in [6.07, 6.45) is 0. The van der Waals surface area contributed by atoms with Crippen molar-refractivity contribution in [3.05, 3.63) is 65.7 Å². The Labute approximate surface area is 115 Å². The normalized spacial score (nSPS) is 10.4. The molecule has 0 fully saturated rings. The van der Waals surface area contributed by atoms with Gasteiger partial charge < -0.3 is 9.64 Å². The van der Waals surface area contributed by atoms with E-state index >= 15 is 0 Å². The first-order valence-corrected chi connectivity index (χ1v) is 6.64. The molecule has 0 bridgehead atoms. The van der Waals surface area contributed by atoms with Crippen LogP contribution < -0.4 is 4.90 Å². The third-order valence-corrected chi connectivity index (χ3v) is 3.15. The summed E-state index contributed by atoms with van der Waals surface area (Å²) < 4.78 is 5.22. The van der Waals surface area contributed by atoms with Crippen molar-refractivity contribution in [2.24, 2.45) is 0 Å². The number of methoxy groups -OCH3 is 1. The molecule has 19 heavy (non-hydrogen) atoms. The fourth-order valence-electron chi connectivity index (χ4n) is 2.13.